The molecule has 0 spiro atoms. The number of hydrogen-bond donors (Lipinski definition) is 2. The lowest BCUT2D eigenvalue weighted by atomic mass is 10.5. The van der Waals surface area contributed by atoms with Crippen molar-refractivity contribution < 1.29 is 9.53 Å². The van der Waals surface area contributed by atoms with E-state index in [4.69, 9.17) is 10.5 Å². The normalized spacial score (nSPS) is 10.1. The van der Waals surface area contributed by atoms with Gasteiger partial charge in [-0.3, -0.25) is 4.79 Å². The van der Waals surface area contributed by atoms with E-state index in [-0.39, 0.29) is 11.8 Å². The molecule has 0 aliphatic carbocycles. The molecular formula is C10H17N5O2S. The van der Waals surface area contributed by atoms with Crippen LogP contribution in [0.25, 0.3) is 0 Å². The van der Waals surface area contributed by atoms with Gasteiger partial charge in [-0.05, 0) is 13.3 Å². The summed E-state index contributed by atoms with van der Waals surface area (Å²) < 4.78 is 5.36. The summed E-state index contributed by atoms with van der Waals surface area (Å²) in [7, 11) is 0. The van der Waals surface area contributed by atoms with Crippen molar-refractivity contribution in [3.63, 3.8) is 0 Å². The van der Waals surface area contributed by atoms with Gasteiger partial charge in [0.05, 0.1) is 12.4 Å². The van der Waals surface area contributed by atoms with E-state index in [1.807, 2.05) is 13.8 Å². The fourth-order valence-electron chi connectivity index (χ4n) is 1.03. The molecule has 0 saturated heterocycles. The molecule has 1 amide bonds. The van der Waals surface area contributed by atoms with Gasteiger partial charge < -0.3 is 15.8 Å². The minimum atomic E-state index is -0.415. The summed E-state index contributed by atoms with van der Waals surface area (Å²) in [6.07, 6.45) is 0.867. The molecule has 18 heavy (non-hydrogen) atoms. The van der Waals surface area contributed by atoms with Crippen LogP contribution in [-0.4, -0.2) is 39.8 Å². The molecule has 7 nitrogen and oxygen atoms in total. The van der Waals surface area contributed by atoms with Crippen LogP contribution in [0.3, 0.4) is 0 Å². The molecular weight excluding hydrogens is 254 g/mol. The Morgan fingerprint density at radius 1 is 1.39 bits per heavy atom. The van der Waals surface area contributed by atoms with Gasteiger partial charge in [0.2, 0.25) is 11.9 Å². The lowest BCUT2D eigenvalue weighted by molar-refractivity contribution is -0.115. The number of thioether (sulfide) groups is 1. The van der Waals surface area contributed by atoms with Crippen LogP contribution in [0.4, 0.5) is 5.95 Å². The standard InChI is InChI=1S/C10H17N5O2S/c1-3-5-17-9-13-8(12-4-2)14-10(15-9)18-6-7(11)16/h3-6H2,1-2H3,(H2,11,16)(H,12,13,14,15). The van der Waals surface area contributed by atoms with Crippen molar-refractivity contribution in [2.75, 3.05) is 24.2 Å². The minimum Gasteiger partial charge on any atom is -0.463 e. The van der Waals surface area contributed by atoms with E-state index in [0.717, 1.165) is 18.2 Å². The highest BCUT2D eigenvalue weighted by molar-refractivity contribution is 7.99. The zero-order valence-corrected chi connectivity index (χ0v) is 11.3. The average molecular weight is 271 g/mol. The lowest BCUT2D eigenvalue weighted by Gasteiger charge is -2.07. The fraction of sp³-hybridized carbons (Fsp3) is 0.600. The van der Waals surface area contributed by atoms with Crippen molar-refractivity contribution in [3.05, 3.63) is 0 Å². The topological polar surface area (TPSA) is 103 Å². The van der Waals surface area contributed by atoms with Gasteiger partial charge in [-0.2, -0.15) is 15.0 Å². The van der Waals surface area contributed by atoms with Gasteiger partial charge in [-0.15, -0.1) is 0 Å². The Kier molecular flexibility index (Phi) is 6.20. The second-order valence-corrected chi connectivity index (χ2v) is 4.30. The third-order valence-corrected chi connectivity index (χ3v) is 2.58. The second kappa shape index (κ2) is 7.70. The van der Waals surface area contributed by atoms with E-state index in [9.17, 15) is 4.79 Å². The summed E-state index contributed by atoms with van der Waals surface area (Å²) in [4.78, 5) is 23.1. The van der Waals surface area contributed by atoms with Crippen LogP contribution in [0.2, 0.25) is 0 Å². The molecule has 8 heteroatoms. The van der Waals surface area contributed by atoms with Crippen molar-refractivity contribution in [2.24, 2.45) is 5.73 Å². The van der Waals surface area contributed by atoms with Crippen LogP contribution in [0.1, 0.15) is 20.3 Å². The van der Waals surface area contributed by atoms with Crippen LogP contribution in [0.15, 0.2) is 5.16 Å². The van der Waals surface area contributed by atoms with E-state index in [0.29, 0.717) is 24.3 Å². The third-order valence-electron chi connectivity index (χ3n) is 1.71. The number of rotatable bonds is 8. The van der Waals surface area contributed by atoms with Crippen molar-refractivity contribution in [1.82, 2.24) is 15.0 Å². The third kappa shape index (κ3) is 5.17. The number of aromatic nitrogens is 3. The van der Waals surface area contributed by atoms with E-state index < -0.39 is 5.91 Å². The molecule has 1 heterocycles. The van der Waals surface area contributed by atoms with Crippen LogP contribution >= 0.6 is 11.8 Å². The fourth-order valence-corrected chi connectivity index (χ4v) is 1.60. The maximum Gasteiger partial charge on any atom is 0.322 e. The monoisotopic (exact) mass is 271 g/mol. The highest BCUT2D eigenvalue weighted by atomic mass is 32.2. The smallest absolute Gasteiger partial charge is 0.322 e. The Morgan fingerprint density at radius 3 is 2.78 bits per heavy atom. The number of nitrogens with zero attached hydrogens (tertiary/aromatic N) is 3. The van der Waals surface area contributed by atoms with E-state index in [2.05, 4.69) is 20.3 Å². The number of carbonyl (C=O) groups excluding carboxylic acids is 1. The maximum atomic E-state index is 10.7. The molecule has 0 fully saturated rings. The van der Waals surface area contributed by atoms with E-state index in [1.165, 1.54) is 0 Å². The number of nitrogens with one attached hydrogen (secondary N) is 1. The van der Waals surface area contributed by atoms with Gasteiger partial charge in [0, 0.05) is 6.54 Å². The van der Waals surface area contributed by atoms with Gasteiger partial charge >= 0.3 is 6.01 Å². The zero-order valence-electron chi connectivity index (χ0n) is 10.5. The Balaban J connectivity index is 2.79. The highest BCUT2D eigenvalue weighted by Crippen LogP contribution is 2.17. The number of carbonyl (C=O) groups is 1. The van der Waals surface area contributed by atoms with Gasteiger partial charge in [0.25, 0.3) is 0 Å². The number of hydrogen-bond acceptors (Lipinski definition) is 7. The van der Waals surface area contributed by atoms with Gasteiger partial charge in [0.15, 0.2) is 5.16 Å². The van der Waals surface area contributed by atoms with Gasteiger partial charge in [-0.25, -0.2) is 0 Å². The van der Waals surface area contributed by atoms with Crippen LogP contribution < -0.4 is 15.8 Å². The minimum absolute atomic E-state index is 0.128. The SMILES string of the molecule is CCCOc1nc(NCC)nc(SCC(N)=O)n1. The molecule has 0 atom stereocenters. The molecule has 0 saturated carbocycles. The summed E-state index contributed by atoms with van der Waals surface area (Å²) in [5.41, 5.74) is 5.08. The molecule has 0 aliphatic heterocycles. The molecule has 0 aromatic carbocycles. The van der Waals surface area contributed by atoms with Crippen molar-refractivity contribution in [3.8, 4) is 6.01 Å². The first-order chi connectivity index (χ1) is 8.65. The van der Waals surface area contributed by atoms with Crippen molar-refractivity contribution in [1.29, 1.82) is 0 Å². The van der Waals surface area contributed by atoms with Gasteiger partial charge in [0.1, 0.15) is 0 Å². The molecule has 100 valence electrons. The molecule has 1 aromatic heterocycles. The number of nitrogens with two attached hydrogens (primary N) is 1. The Hall–Kier alpha value is -1.57. The maximum absolute atomic E-state index is 10.7. The number of ether oxygens (including phenoxy) is 1. The predicted octanol–water partition coefficient (Wildman–Crippen LogP) is 0.670. The quantitative estimate of drug-likeness (QED) is 0.670. The summed E-state index contributed by atoms with van der Waals surface area (Å²) in [5.74, 6) is 0.148. The Bertz CT molecular complexity index is 402. The number of primary amides is 1. The van der Waals surface area contributed by atoms with Crippen molar-refractivity contribution in [2.45, 2.75) is 25.4 Å². The Labute approximate surface area is 110 Å². The first kappa shape index (κ1) is 14.5. The van der Waals surface area contributed by atoms with Crippen LogP contribution in [0.5, 0.6) is 6.01 Å². The summed E-state index contributed by atoms with van der Waals surface area (Å²) in [6, 6.07) is 0.259. The lowest BCUT2D eigenvalue weighted by Crippen LogP contribution is -2.14. The summed E-state index contributed by atoms with van der Waals surface area (Å²) >= 11 is 1.16. The molecule has 0 bridgehead atoms. The van der Waals surface area contributed by atoms with E-state index >= 15 is 0 Å². The largest absolute Gasteiger partial charge is 0.463 e. The molecule has 0 radical (unpaired) electrons. The van der Waals surface area contributed by atoms with E-state index in [1.54, 1.807) is 0 Å². The number of amides is 1. The highest BCUT2D eigenvalue weighted by Gasteiger charge is 2.08. The first-order valence-electron chi connectivity index (χ1n) is 5.69. The van der Waals surface area contributed by atoms with Crippen molar-refractivity contribution >= 4 is 23.6 Å². The second-order valence-electron chi connectivity index (χ2n) is 3.36. The average Bonchev–Trinajstić information content (AvgIpc) is 2.34. The molecule has 0 unspecified atom stereocenters. The predicted molar refractivity (Wildman–Crippen MR) is 69.7 cm³/mol. The van der Waals surface area contributed by atoms with Gasteiger partial charge in [-0.1, -0.05) is 18.7 Å². The first-order valence-corrected chi connectivity index (χ1v) is 6.68. The van der Waals surface area contributed by atoms with Crippen LogP contribution in [0, 0.1) is 0 Å². The molecule has 3 N–H and O–H groups in total. The zero-order chi connectivity index (χ0) is 13.4. The number of anilines is 1. The van der Waals surface area contributed by atoms with Crippen LogP contribution in [-0.2, 0) is 4.79 Å². The Morgan fingerprint density at radius 2 is 2.17 bits per heavy atom. The summed E-state index contributed by atoms with van der Waals surface area (Å²) in [6.45, 7) is 5.16. The molecule has 0 aliphatic rings. The molecule has 1 rings (SSSR count). The molecule has 1 aromatic rings. The summed E-state index contributed by atoms with van der Waals surface area (Å²) in [5, 5.41) is 3.40.